The summed E-state index contributed by atoms with van der Waals surface area (Å²) in [5, 5.41) is -0.639. The van der Waals surface area contributed by atoms with Gasteiger partial charge in [-0.05, 0) is 12.8 Å². The summed E-state index contributed by atoms with van der Waals surface area (Å²) in [6.07, 6.45) is 0.775. The molecule has 80 valence electrons. The van der Waals surface area contributed by atoms with Crippen LogP contribution in [0, 0.1) is 0 Å². The molecule has 0 amide bonds. The van der Waals surface area contributed by atoms with Gasteiger partial charge >= 0.3 is 7.60 Å². The largest absolute Gasteiger partial charge is 0.340 e. The Morgan fingerprint density at radius 3 is 1.85 bits per heavy atom. The van der Waals surface area contributed by atoms with Crippen LogP contribution in [0.1, 0.15) is 26.7 Å². The average Bonchev–Trinajstić information content (AvgIpc) is 1.83. The zero-order chi connectivity index (χ0) is 10.7. The van der Waals surface area contributed by atoms with E-state index in [-0.39, 0.29) is 0 Å². The normalized spacial score (nSPS) is 13.6. The molecule has 0 aromatic heterocycles. The van der Waals surface area contributed by atoms with Crippen molar-refractivity contribution in [1.82, 2.24) is 0 Å². The molecule has 0 rings (SSSR count). The van der Waals surface area contributed by atoms with E-state index in [1.54, 1.807) is 13.8 Å². The Morgan fingerprint density at radius 1 is 1.23 bits per heavy atom. The summed E-state index contributed by atoms with van der Waals surface area (Å²) < 4.78 is 33.1. The predicted molar refractivity (Wildman–Crippen MR) is 50.2 cm³/mol. The van der Waals surface area contributed by atoms with Crippen LogP contribution < -0.4 is 0 Å². The van der Waals surface area contributed by atoms with E-state index in [0.717, 1.165) is 0 Å². The minimum absolute atomic E-state index is 0.388. The van der Waals surface area contributed by atoms with Gasteiger partial charge in [0, 0.05) is 0 Å². The molecule has 0 unspecified atom stereocenters. The molecule has 0 fully saturated rings. The first-order valence-electron chi connectivity index (χ1n) is 3.99. The molecule has 0 aliphatic carbocycles. The van der Waals surface area contributed by atoms with Crippen LogP contribution in [0.15, 0.2) is 0 Å². The van der Waals surface area contributed by atoms with Gasteiger partial charge in [-0.2, -0.15) is 0 Å². The Kier molecular flexibility index (Phi) is 4.59. The topological polar surface area (TPSA) is 91.7 Å². The number of hydrogen-bond acceptors (Lipinski definition) is 3. The summed E-state index contributed by atoms with van der Waals surface area (Å²) in [7, 11) is -8.10. The van der Waals surface area contributed by atoms with Crippen LogP contribution in [0.25, 0.3) is 0 Å². The third-order valence-corrected chi connectivity index (χ3v) is 6.23. The van der Waals surface area contributed by atoms with Crippen molar-refractivity contribution in [3.8, 4) is 0 Å². The Morgan fingerprint density at radius 2 is 1.62 bits per heavy atom. The molecule has 0 aromatic rings. The second-order valence-corrected chi connectivity index (χ2v) is 7.25. The lowest BCUT2D eigenvalue weighted by molar-refractivity contribution is 0.378. The summed E-state index contributed by atoms with van der Waals surface area (Å²) in [5.74, 6) is 0. The first-order valence-corrected chi connectivity index (χ1v) is 7.50. The standard InChI is InChI=1S/C6H15O5PS/c1-3-6(4-2)13(10,11)5-12(7,8)9/h6H,3-5H2,1-2H3,(H2,7,8,9). The van der Waals surface area contributed by atoms with E-state index >= 15 is 0 Å². The van der Waals surface area contributed by atoms with E-state index in [4.69, 9.17) is 9.79 Å². The smallest absolute Gasteiger partial charge is 0.324 e. The molecule has 0 bridgehead atoms. The van der Waals surface area contributed by atoms with Gasteiger partial charge in [-0.15, -0.1) is 0 Å². The monoisotopic (exact) mass is 230 g/mol. The van der Waals surface area contributed by atoms with Crippen molar-refractivity contribution in [2.75, 3.05) is 5.49 Å². The van der Waals surface area contributed by atoms with Gasteiger partial charge in [0.15, 0.2) is 15.3 Å². The van der Waals surface area contributed by atoms with E-state index in [0.29, 0.717) is 12.8 Å². The van der Waals surface area contributed by atoms with E-state index in [1.807, 2.05) is 0 Å². The number of hydrogen-bond donors (Lipinski definition) is 2. The second kappa shape index (κ2) is 4.55. The summed E-state index contributed by atoms with van der Waals surface area (Å²) in [4.78, 5) is 17.1. The first-order chi connectivity index (χ1) is 5.73. The lowest BCUT2D eigenvalue weighted by Gasteiger charge is -2.13. The van der Waals surface area contributed by atoms with Crippen molar-refractivity contribution < 1.29 is 22.8 Å². The third kappa shape index (κ3) is 4.76. The van der Waals surface area contributed by atoms with Crippen LogP contribution in [-0.4, -0.2) is 28.9 Å². The lowest BCUT2D eigenvalue weighted by atomic mass is 10.3. The summed E-state index contributed by atoms with van der Waals surface area (Å²) in [5.41, 5.74) is -1.04. The lowest BCUT2D eigenvalue weighted by Crippen LogP contribution is -2.22. The Hall–Kier alpha value is 0.1000. The van der Waals surface area contributed by atoms with Gasteiger partial charge in [-0.1, -0.05) is 13.8 Å². The highest BCUT2D eigenvalue weighted by molar-refractivity contribution is 7.97. The molecule has 0 radical (unpaired) electrons. The van der Waals surface area contributed by atoms with E-state index in [2.05, 4.69) is 0 Å². The van der Waals surface area contributed by atoms with Crippen molar-refractivity contribution in [2.24, 2.45) is 0 Å². The fraction of sp³-hybridized carbons (Fsp3) is 1.00. The van der Waals surface area contributed by atoms with Crippen molar-refractivity contribution in [2.45, 2.75) is 31.9 Å². The van der Waals surface area contributed by atoms with Crippen LogP contribution in [0.5, 0.6) is 0 Å². The molecule has 2 N–H and O–H groups in total. The van der Waals surface area contributed by atoms with Crippen molar-refractivity contribution in [1.29, 1.82) is 0 Å². The molecule has 13 heavy (non-hydrogen) atoms. The van der Waals surface area contributed by atoms with Gasteiger partial charge in [-0.3, -0.25) is 4.57 Å². The summed E-state index contributed by atoms with van der Waals surface area (Å²) >= 11 is 0. The quantitative estimate of drug-likeness (QED) is 0.679. The first kappa shape index (κ1) is 13.1. The maximum Gasteiger partial charge on any atom is 0.340 e. The fourth-order valence-electron chi connectivity index (χ4n) is 1.14. The Labute approximate surface area is 78.2 Å². The van der Waals surface area contributed by atoms with Gasteiger partial charge in [0.2, 0.25) is 0 Å². The molecule has 7 heteroatoms. The highest BCUT2D eigenvalue weighted by Crippen LogP contribution is 2.37. The second-order valence-electron chi connectivity index (χ2n) is 2.90. The minimum atomic E-state index is -4.46. The Balaban J connectivity index is 4.68. The van der Waals surface area contributed by atoms with Gasteiger partial charge in [0.1, 0.15) is 0 Å². The zero-order valence-electron chi connectivity index (χ0n) is 7.67. The average molecular weight is 230 g/mol. The van der Waals surface area contributed by atoms with E-state index in [9.17, 15) is 13.0 Å². The molecule has 0 aliphatic rings. The highest BCUT2D eigenvalue weighted by atomic mass is 32.2. The predicted octanol–water partition coefficient (Wildman–Crippen LogP) is 0.725. The van der Waals surface area contributed by atoms with Gasteiger partial charge < -0.3 is 9.79 Å². The highest BCUT2D eigenvalue weighted by Gasteiger charge is 2.30. The van der Waals surface area contributed by atoms with Crippen molar-refractivity contribution >= 4 is 17.4 Å². The van der Waals surface area contributed by atoms with E-state index < -0.39 is 28.2 Å². The zero-order valence-corrected chi connectivity index (χ0v) is 9.38. The summed E-state index contributed by atoms with van der Waals surface area (Å²) in [6, 6.07) is 0. The molecule has 0 aromatic carbocycles. The van der Waals surface area contributed by atoms with Gasteiger partial charge in [-0.25, -0.2) is 8.42 Å². The van der Waals surface area contributed by atoms with Crippen LogP contribution >= 0.6 is 7.60 Å². The van der Waals surface area contributed by atoms with E-state index in [1.165, 1.54) is 0 Å². The molecule has 0 aliphatic heterocycles. The molecule has 0 saturated heterocycles. The molecule has 0 saturated carbocycles. The van der Waals surface area contributed by atoms with Crippen LogP contribution in [0.4, 0.5) is 0 Å². The minimum Gasteiger partial charge on any atom is -0.324 e. The maximum absolute atomic E-state index is 11.3. The fourth-order valence-corrected chi connectivity index (χ4v) is 4.87. The number of sulfone groups is 1. The number of rotatable bonds is 5. The van der Waals surface area contributed by atoms with Crippen molar-refractivity contribution in [3.05, 3.63) is 0 Å². The summed E-state index contributed by atoms with van der Waals surface area (Å²) in [6.45, 7) is 3.37. The molecular formula is C6H15O5PS. The molecule has 0 heterocycles. The third-order valence-electron chi connectivity index (χ3n) is 1.77. The Bertz CT molecular complexity index is 286. The molecule has 0 spiro atoms. The maximum atomic E-state index is 11.3. The SMILES string of the molecule is CCC(CC)S(=O)(=O)CP(=O)(O)O. The van der Waals surface area contributed by atoms with Crippen LogP contribution in [-0.2, 0) is 14.4 Å². The van der Waals surface area contributed by atoms with Gasteiger partial charge in [0.25, 0.3) is 0 Å². The molecule has 0 atom stereocenters. The van der Waals surface area contributed by atoms with Crippen LogP contribution in [0.3, 0.4) is 0 Å². The van der Waals surface area contributed by atoms with Crippen LogP contribution in [0.2, 0.25) is 0 Å². The molecule has 5 nitrogen and oxygen atoms in total. The van der Waals surface area contributed by atoms with Gasteiger partial charge in [0.05, 0.1) is 5.25 Å². The molecular weight excluding hydrogens is 215 g/mol. The van der Waals surface area contributed by atoms with Crippen molar-refractivity contribution in [3.63, 3.8) is 0 Å².